The largest absolute Gasteiger partial charge is 0.360 e. The molecule has 0 aliphatic carbocycles. The standard InChI is InChI=1S/C18H27N3OS/c1-3-8-19-9-11-20(12-10-19)18(22)14-21-13-15(2)23-17-7-5-4-6-16(17)21/h4-7,15H,3,8-14H2,1-2H3/t15-/m0/s1. The predicted molar refractivity (Wildman–Crippen MR) is 97.3 cm³/mol. The zero-order valence-electron chi connectivity index (χ0n) is 14.2. The molecule has 2 heterocycles. The zero-order valence-corrected chi connectivity index (χ0v) is 15.0. The van der Waals surface area contributed by atoms with E-state index in [0.717, 1.165) is 39.3 Å². The van der Waals surface area contributed by atoms with Crippen LogP contribution < -0.4 is 4.90 Å². The number of carbonyl (C=O) groups is 1. The fourth-order valence-corrected chi connectivity index (χ4v) is 4.59. The first kappa shape index (κ1) is 16.7. The summed E-state index contributed by atoms with van der Waals surface area (Å²) in [6.45, 7) is 10.8. The second kappa shape index (κ2) is 7.58. The van der Waals surface area contributed by atoms with Crippen LogP contribution in [0.25, 0.3) is 0 Å². The van der Waals surface area contributed by atoms with Gasteiger partial charge in [0.1, 0.15) is 0 Å². The minimum Gasteiger partial charge on any atom is -0.360 e. The lowest BCUT2D eigenvalue weighted by atomic mass is 10.2. The molecule has 2 aliphatic heterocycles. The Kier molecular flexibility index (Phi) is 5.49. The van der Waals surface area contributed by atoms with E-state index in [1.54, 1.807) is 0 Å². The van der Waals surface area contributed by atoms with Crippen molar-refractivity contribution >= 4 is 23.4 Å². The van der Waals surface area contributed by atoms with Gasteiger partial charge in [-0.3, -0.25) is 9.69 Å². The quantitative estimate of drug-likeness (QED) is 0.846. The van der Waals surface area contributed by atoms with Crippen LogP contribution in [0.5, 0.6) is 0 Å². The van der Waals surface area contributed by atoms with Crippen molar-refractivity contribution in [2.75, 3.05) is 50.7 Å². The average molecular weight is 334 g/mol. The molecule has 3 rings (SSSR count). The maximum Gasteiger partial charge on any atom is 0.242 e. The van der Waals surface area contributed by atoms with Crippen molar-refractivity contribution < 1.29 is 4.79 Å². The number of thioether (sulfide) groups is 1. The third-order valence-corrected chi connectivity index (χ3v) is 5.75. The van der Waals surface area contributed by atoms with Gasteiger partial charge in [-0.05, 0) is 25.1 Å². The van der Waals surface area contributed by atoms with Gasteiger partial charge in [0.05, 0.1) is 12.2 Å². The number of amides is 1. The van der Waals surface area contributed by atoms with Gasteiger partial charge in [-0.2, -0.15) is 0 Å². The molecule has 1 aromatic rings. The summed E-state index contributed by atoms with van der Waals surface area (Å²) in [5.41, 5.74) is 1.22. The topological polar surface area (TPSA) is 26.8 Å². The van der Waals surface area contributed by atoms with Crippen LogP contribution in [0.2, 0.25) is 0 Å². The monoisotopic (exact) mass is 333 g/mol. The molecule has 0 radical (unpaired) electrons. The lowest BCUT2D eigenvalue weighted by molar-refractivity contribution is -0.131. The molecule has 0 aromatic heterocycles. The minimum atomic E-state index is 0.273. The van der Waals surface area contributed by atoms with Gasteiger partial charge in [-0.25, -0.2) is 0 Å². The van der Waals surface area contributed by atoms with E-state index in [9.17, 15) is 4.79 Å². The third kappa shape index (κ3) is 4.01. The molecular formula is C18H27N3OS. The first-order chi connectivity index (χ1) is 11.2. The highest BCUT2D eigenvalue weighted by atomic mass is 32.2. The second-order valence-corrected chi connectivity index (χ2v) is 7.98. The number of rotatable bonds is 4. The Morgan fingerprint density at radius 1 is 1.22 bits per heavy atom. The molecule has 0 unspecified atom stereocenters. The zero-order chi connectivity index (χ0) is 16.2. The summed E-state index contributed by atoms with van der Waals surface area (Å²) in [6.07, 6.45) is 1.19. The summed E-state index contributed by atoms with van der Waals surface area (Å²) in [4.78, 5) is 20.8. The Morgan fingerprint density at radius 3 is 2.70 bits per heavy atom. The molecular weight excluding hydrogens is 306 g/mol. The summed E-state index contributed by atoms with van der Waals surface area (Å²) in [7, 11) is 0. The van der Waals surface area contributed by atoms with Crippen LogP contribution in [-0.2, 0) is 4.79 Å². The number of fused-ring (bicyclic) bond motifs is 1. The first-order valence-electron chi connectivity index (χ1n) is 8.68. The highest BCUT2D eigenvalue weighted by Gasteiger charge is 2.27. The third-order valence-electron chi connectivity index (χ3n) is 4.60. The number of piperazine rings is 1. The van der Waals surface area contributed by atoms with E-state index < -0.39 is 0 Å². The van der Waals surface area contributed by atoms with Crippen molar-refractivity contribution in [2.24, 2.45) is 0 Å². The van der Waals surface area contributed by atoms with Crippen LogP contribution in [0.3, 0.4) is 0 Å². The number of para-hydroxylation sites is 1. The number of hydrogen-bond acceptors (Lipinski definition) is 4. The average Bonchev–Trinajstić information content (AvgIpc) is 2.55. The molecule has 126 valence electrons. The molecule has 5 heteroatoms. The molecule has 23 heavy (non-hydrogen) atoms. The van der Waals surface area contributed by atoms with E-state index in [4.69, 9.17) is 0 Å². The van der Waals surface area contributed by atoms with Crippen LogP contribution in [0.15, 0.2) is 29.2 Å². The molecule has 0 bridgehead atoms. The SMILES string of the molecule is CCCN1CCN(C(=O)CN2C[C@H](C)Sc3ccccc32)CC1. The van der Waals surface area contributed by atoms with Crippen LogP contribution in [0.4, 0.5) is 5.69 Å². The van der Waals surface area contributed by atoms with Gasteiger partial charge in [0.25, 0.3) is 0 Å². The predicted octanol–water partition coefficient (Wildman–Crippen LogP) is 2.54. The molecule has 1 aromatic carbocycles. The molecule has 1 saturated heterocycles. The first-order valence-corrected chi connectivity index (χ1v) is 9.56. The Morgan fingerprint density at radius 2 is 1.96 bits per heavy atom. The van der Waals surface area contributed by atoms with Crippen molar-refractivity contribution in [1.82, 2.24) is 9.80 Å². The van der Waals surface area contributed by atoms with E-state index >= 15 is 0 Å². The Hall–Kier alpha value is -1.20. The van der Waals surface area contributed by atoms with Crippen molar-refractivity contribution in [1.29, 1.82) is 0 Å². The summed E-state index contributed by atoms with van der Waals surface area (Å²) in [6, 6.07) is 8.45. The maximum atomic E-state index is 12.7. The molecule has 0 N–H and O–H groups in total. The van der Waals surface area contributed by atoms with E-state index in [1.807, 2.05) is 16.7 Å². The van der Waals surface area contributed by atoms with Crippen molar-refractivity contribution in [2.45, 2.75) is 30.4 Å². The Labute approximate surface area is 143 Å². The maximum absolute atomic E-state index is 12.7. The van der Waals surface area contributed by atoms with Gasteiger partial charge in [0.15, 0.2) is 0 Å². The lowest BCUT2D eigenvalue weighted by Gasteiger charge is -2.38. The molecule has 1 atom stereocenters. The van der Waals surface area contributed by atoms with Gasteiger partial charge in [0.2, 0.25) is 5.91 Å². The number of carbonyl (C=O) groups excluding carboxylic acids is 1. The molecule has 4 nitrogen and oxygen atoms in total. The fourth-order valence-electron chi connectivity index (χ4n) is 3.43. The Balaban J connectivity index is 1.60. The number of nitrogens with zero attached hydrogens (tertiary/aromatic N) is 3. The van der Waals surface area contributed by atoms with Crippen LogP contribution in [0.1, 0.15) is 20.3 Å². The van der Waals surface area contributed by atoms with Gasteiger partial charge < -0.3 is 9.80 Å². The van der Waals surface area contributed by atoms with Crippen molar-refractivity contribution in [3.8, 4) is 0 Å². The van der Waals surface area contributed by atoms with Crippen molar-refractivity contribution in [3.63, 3.8) is 0 Å². The van der Waals surface area contributed by atoms with Crippen LogP contribution in [-0.4, -0.2) is 66.8 Å². The van der Waals surface area contributed by atoms with Gasteiger partial charge >= 0.3 is 0 Å². The van der Waals surface area contributed by atoms with E-state index in [2.05, 4.69) is 47.9 Å². The van der Waals surface area contributed by atoms with Crippen LogP contribution >= 0.6 is 11.8 Å². The van der Waals surface area contributed by atoms with Crippen molar-refractivity contribution in [3.05, 3.63) is 24.3 Å². The number of benzene rings is 1. The molecule has 1 fully saturated rings. The van der Waals surface area contributed by atoms with E-state index in [1.165, 1.54) is 17.0 Å². The molecule has 0 spiro atoms. The summed E-state index contributed by atoms with van der Waals surface area (Å²) in [5.74, 6) is 0.273. The van der Waals surface area contributed by atoms with E-state index in [-0.39, 0.29) is 5.91 Å². The number of anilines is 1. The highest BCUT2D eigenvalue weighted by Crippen LogP contribution is 2.37. The molecule has 2 aliphatic rings. The summed E-state index contributed by atoms with van der Waals surface area (Å²) >= 11 is 1.91. The molecule has 0 saturated carbocycles. The highest BCUT2D eigenvalue weighted by molar-refractivity contribution is 8.00. The van der Waals surface area contributed by atoms with Gasteiger partial charge in [0, 0.05) is 42.9 Å². The number of hydrogen-bond donors (Lipinski definition) is 0. The van der Waals surface area contributed by atoms with Gasteiger partial charge in [-0.15, -0.1) is 11.8 Å². The van der Waals surface area contributed by atoms with Crippen LogP contribution in [0, 0.1) is 0 Å². The van der Waals surface area contributed by atoms with E-state index in [0.29, 0.717) is 11.8 Å². The summed E-state index contributed by atoms with van der Waals surface area (Å²) < 4.78 is 0. The van der Waals surface area contributed by atoms with Gasteiger partial charge in [-0.1, -0.05) is 26.0 Å². The molecule has 1 amide bonds. The Bertz CT molecular complexity index is 543. The fraction of sp³-hybridized carbons (Fsp3) is 0.611. The lowest BCUT2D eigenvalue weighted by Crippen LogP contribution is -2.52. The minimum absolute atomic E-state index is 0.273. The summed E-state index contributed by atoms with van der Waals surface area (Å²) in [5, 5.41) is 0.527. The smallest absolute Gasteiger partial charge is 0.242 e. The second-order valence-electron chi connectivity index (χ2n) is 6.50. The normalized spacial score (nSPS) is 22.1.